The highest BCUT2D eigenvalue weighted by Crippen LogP contribution is 2.47. The molecule has 1 aliphatic rings. The second-order valence-electron chi connectivity index (χ2n) is 8.68. The molecule has 1 atom stereocenters. The summed E-state index contributed by atoms with van der Waals surface area (Å²) in [5.41, 5.74) is 5.70. The lowest BCUT2D eigenvalue weighted by molar-refractivity contribution is 0.0526. The molecule has 1 aliphatic heterocycles. The Morgan fingerprint density at radius 2 is 1.73 bits per heavy atom. The molecule has 0 saturated carbocycles. The lowest BCUT2D eigenvalue weighted by atomic mass is 9.94. The number of aromatic amines is 1. The summed E-state index contributed by atoms with van der Waals surface area (Å²) in [6, 6.07) is 19.8. The number of hydrogen-bond donors (Lipinski definition) is 1. The molecule has 37 heavy (non-hydrogen) atoms. The van der Waals surface area contributed by atoms with E-state index in [1.807, 2.05) is 43.3 Å². The Hall–Kier alpha value is -4.59. The van der Waals surface area contributed by atoms with Crippen molar-refractivity contribution < 1.29 is 23.8 Å². The molecule has 8 heteroatoms. The molecule has 1 aromatic heterocycles. The van der Waals surface area contributed by atoms with Crippen molar-refractivity contribution in [2.24, 2.45) is 0 Å². The maximum absolute atomic E-state index is 13.8. The largest absolute Gasteiger partial charge is 0.497 e. The first-order chi connectivity index (χ1) is 18.0. The second kappa shape index (κ2) is 9.81. The fraction of sp³-hybridized carbons (Fsp3) is 0.207. The van der Waals surface area contributed by atoms with Crippen LogP contribution in [0.2, 0.25) is 0 Å². The lowest BCUT2D eigenvalue weighted by Gasteiger charge is -2.28. The van der Waals surface area contributed by atoms with E-state index in [0.29, 0.717) is 34.1 Å². The van der Waals surface area contributed by atoms with Gasteiger partial charge in [0.25, 0.3) is 5.91 Å². The van der Waals surface area contributed by atoms with Crippen LogP contribution < -0.4 is 14.4 Å². The van der Waals surface area contributed by atoms with Crippen molar-refractivity contribution in [2.45, 2.75) is 19.9 Å². The van der Waals surface area contributed by atoms with Gasteiger partial charge in [-0.2, -0.15) is 5.10 Å². The number of ether oxygens (including phenoxy) is 3. The molecular formula is C29H27N3O5. The molecule has 2 heterocycles. The number of amides is 1. The van der Waals surface area contributed by atoms with E-state index in [9.17, 15) is 9.59 Å². The third kappa shape index (κ3) is 4.20. The molecule has 0 spiro atoms. The van der Waals surface area contributed by atoms with Gasteiger partial charge in [0.05, 0.1) is 38.1 Å². The number of rotatable bonds is 7. The Bertz CT molecular complexity index is 1460. The predicted molar refractivity (Wildman–Crippen MR) is 139 cm³/mol. The standard InChI is InChI=1S/C29H27N3O5/c1-5-37-29(34)19-10-12-20(13-11-19)32-27(22-15-14-21(35-3)16-23(22)36-4)24-25(30-31-26(24)28(32)33)18-8-6-17(2)7-9-18/h6-16,27H,5H2,1-4H3,(H,30,31). The van der Waals surface area contributed by atoms with Gasteiger partial charge < -0.3 is 14.2 Å². The number of fused-ring (bicyclic) bond motifs is 1. The first-order valence-electron chi connectivity index (χ1n) is 11.9. The van der Waals surface area contributed by atoms with E-state index in [1.165, 1.54) is 0 Å². The Labute approximate surface area is 214 Å². The van der Waals surface area contributed by atoms with Crippen LogP contribution in [-0.4, -0.2) is 42.9 Å². The average Bonchev–Trinajstić information content (AvgIpc) is 3.48. The number of esters is 1. The normalized spacial score (nSPS) is 14.4. The summed E-state index contributed by atoms with van der Waals surface area (Å²) < 4.78 is 16.2. The molecule has 0 radical (unpaired) electrons. The minimum Gasteiger partial charge on any atom is -0.497 e. The molecule has 1 N–H and O–H groups in total. The quantitative estimate of drug-likeness (QED) is 0.347. The first kappa shape index (κ1) is 24.1. The van der Waals surface area contributed by atoms with Crippen molar-refractivity contribution in [3.05, 3.63) is 94.7 Å². The summed E-state index contributed by atoms with van der Waals surface area (Å²) >= 11 is 0. The van der Waals surface area contributed by atoms with E-state index in [2.05, 4.69) is 10.2 Å². The molecule has 0 fully saturated rings. The van der Waals surface area contributed by atoms with Crippen LogP contribution in [0.4, 0.5) is 5.69 Å². The topological polar surface area (TPSA) is 93.8 Å². The molecule has 3 aromatic carbocycles. The van der Waals surface area contributed by atoms with Gasteiger partial charge in [0.1, 0.15) is 17.2 Å². The minimum absolute atomic E-state index is 0.229. The molecular weight excluding hydrogens is 470 g/mol. The number of benzene rings is 3. The number of carbonyl (C=O) groups is 2. The van der Waals surface area contributed by atoms with E-state index in [1.54, 1.807) is 56.4 Å². The van der Waals surface area contributed by atoms with Gasteiger partial charge in [-0.1, -0.05) is 29.8 Å². The maximum atomic E-state index is 13.8. The number of methoxy groups -OCH3 is 2. The highest BCUT2D eigenvalue weighted by atomic mass is 16.5. The number of hydrogen-bond acceptors (Lipinski definition) is 6. The number of H-pyrrole nitrogens is 1. The Kier molecular flexibility index (Phi) is 6.40. The number of aryl methyl sites for hydroxylation is 1. The van der Waals surface area contributed by atoms with E-state index in [-0.39, 0.29) is 12.5 Å². The van der Waals surface area contributed by atoms with Crippen LogP contribution in [-0.2, 0) is 4.74 Å². The van der Waals surface area contributed by atoms with E-state index < -0.39 is 12.0 Å². The van der Waals surface area contributed by atoms with Gasteiger partial charge in [0, 0.05) is 28.4 Å². The third-order valence-corrected chi connectivity index (χ3v) is 6.49. The van der Waals surface area contributed by atoms with Crippen molar-refractivity contribution in [1.82, 2.24) is 10.2 Å². The van der Waals surface area contributed by atoms with Crippen LogP contribution >= 0.6 is 0 Å². The van der Waals surface area contributed by atoms with Gasteiger partial charge in [-0.05, 0) is 50.2 Å². The Morgan fingerprint density at radius 1 is 1.00 bits per heavy atom. The molecule has 0 saturated heterocycles. The Morgan fingerprint density at radius 3 is 2.38 bits per heavy atom. The molecule has 1 unspecified atom stereocenters. The van der Waals surface area contributed by atoms with Gasteiger partial charge in [0.15, 0.2) is 0 Å². The van der Waals surface area contributed by atoms with Gasteiger partial charge >= 0.3 is 5.97 Å². The molecule has 4 aromatic rings. The van der Waals surface area contributed by atoms with Crippen LogP contribution in [0.1, 0.15) is 50.5 Å². The lowest BCUT2D eigenvalue weighted by Crippen LogP contribution is -2.29. The minimum atomic E-state index is -0.535. The average molecular weight is 498 g/mol. The van der Waals surface area contributed by atoms with E-state index in [0.717, 1.165) is 22.3 Å². The molecule has 0 aliphatic carbocycles. The number of aromatic nitrogens is 2. The molecule has 1 amide bonds. The predicted octanol–water partition coefficient (Wildman–Crippen LogP) is 5.33. The Balaban J connectivity index is 1.68. The molecule has 5 rings (SSSR count). The fourth-order valence-electron chi connectivity index (χ4n) is 4.66. The van der Waals surface area contributed by atoms with Crippen molar-refractivity contribution in [1.29, 1.82) is 0 Å². The summed E-state index contributed by atoms with van der Waals surface area (Å²) in [6.07, 6.45) is 0. The summed E-state index contributed by atoms with van der Waals surface area (Å²) in [5, 5.41) is 7.51. The number of anilines is 1. The zero-order chi connectivity index (χ0) is 26.1. The zero-order valence-corrected chi connectivity index (χ0v) is 21.1. The van der Waals surface area contributed by atoms with Gasteiger partial charge in [-0.15, -0.1) is 0 Å². The molecule has 0 bridgehead atoms. The van der Waals surface area contributed by atoms with Crippen LogP contribution in [0.3, 0.4) is 0 Å². The van der Waals surface area contributed by atoms with Gasteiger partial charge in [0.2, 0.25) is 0 Å². The van der Waals surface area contributed by atoms with Crippen LogP contribution in [0, 0.1) is 6.92 Å². The maximum Gasteiger partial charge on any atom is 0.338 e. The van der Waals surface area contributed by atoms with E-state index in [4.69, 9.17) is 14.2 Å². The van der Waals surface area contributed by atoms with E-state index >= 15 is 0 Å². The summed E-state index contributed by atoms with van der Waals surface area (Å²) in [4.78, 5) is 27.7. The van der Waals surface area contributed by atoms with Crippen LogP contribution in [0.25, 0.3) is 11.3 Å². The first-order valence-corrected chi connectivity index (χ1v) is 11.9. The summed E-state index contributed by atoms with van der Waals surface area (Å²) in [7, 11) is 3.18. The van der Waals surface area contributed by atoms with Crippen molar-refractivity contribution in [2.75, 3.05) is 25.7 Å². The molecule has 188 valence electrons. The monoisotopic (exact) mass is 497 g/mol. The highest BCUT2D eigenvalue weighted by Gasteiger charge is 2.44. The summed E-state index contributed by atoms with van der Waals surface area (Å²) in [5.74, 6) is 0.578. The highest BCUT2D eigenvalue weighted by molar-refractivity contribution is 6.12. The van der Waals surface area contributed by atoms with Crippen molar-refractivity contribution in [3.8, 4) is 22.8 Å². The van der Waals surface area contributed by atoms with Crippen molar-refractivity contribution >= 4 is 17.6 Å². The smallest absolute Gasteiger partial charge is 0.338 e. The SMILES string of the molecule is CCOC(=O)c1ccc(N2C(=O)c3[nH]nc(-c4ccc(C)cc4)c3C2c2ccc(OC)cc2OC)cc1. The fourth-order valence-corrected chi connectivity index (χ4v) is 4.66. The van der Waals surface area contributed by atoms with Gasteiger partial charge in [-0.3, -0.25) is 14.8 Å². The summed E-state index contributed by atoms with van der Waals surface area (Å²) in [6.45, 7) is 4.07. The number of nitrogens with one attached hydrogen (secondary N) is 1. The zero-order valence-electron chi connectivity index (χ0n) is 21.1. The number of carbonyl (C=O) groups excluding carboxylic acids is 2. The van der Waals surface area contributed by atoms with Crippen molar-refractivity contribution in [3.63, 3.8) is 0 Å². The van der Waals surface area contributed by atoms with Gasteiger partial charge in [-0.25, -0.2) is 4.79 Å². The molecule has 8 nitrogen and oxygen atoms in total. The van der Waals surface area contributed by atoms with Crippen LogP contribution in [0.15, 0.2) is 66.7 Å². The second-order valence-corrected chi connectivity index (χ2v) is 8.68. The number of nitrogens with zero attached hydrogens (tertiary/aromatic N) is 2. The van der Waals surface area contributed by atoms with Crippen LogP contribution in [0.5, 0.6) is 11.5 Å². The third-order valence-electron chi connectivity index (χ3n) is 6.49.